The molecule has 0 saturated carbocycles. The van der Waals surface area contributed by atoms with Crippen molar-refractivity contribution in [2.45, 2.75) is 13.5 Å². The second kappa shape index (κ2) is 10.8. The fourth-order valence-electron chi connectivity index (χ4n) is 4.42. The molecule has 0 radical (unpaired) electrons. The van der Waals surface area contributed by atoms with E-state index < -0.39 is 17.8 Å². The number of carbonyl (C=O) groups is 3. The molecule has 9 heteroatoms. The van der Waals surface area contributed by atoms with Gasteiger partial charge in [0, 0.05) is 10.6 Å². The maximum atomic E-state index is 13.2. The number of fused-ring (bicyclic) bond motifs is 1. The number of anilines is 1. The second-order valence-electron chi connectivity index (χ2n) is 8.84. The van der Waals surface area contributed by atoms with E-state index in [0.29, 0.717) is 22.1 Å². The third kappa shape index (κ3) is 5.19. The van der Waals surface area contributed by atoms with Crippen LogP contribution < -0.4 is 19.7 Å². The number of hydrogen-bond acceptors (Lipinski definition) is 5. The summed E-state index contributed by atoms with van der Waals surface area (Å²) in [6.07, 6.45) is 1.34. The fraction of sp³-hybridized carbons (Fsp3) is 0.100. The topological polar surface area (TPSA) is 84.9 Å². The van der Waals surface area contributed by atoms with Gasteiger partial charge in [0.2, 0.25) is 0 Å². The minimum absolute atomic E-state index is 0.227. The van der Waals surface area contributed by atoms with Crippen LogP contribution in [-0.4, -0.2) is 25.0 Å². The van der Waals surface area contributed by atoms with Crippen molar-refractivity contribution in [3.63, 3.8) is 0 Å². The predicted molar refractivity (Wildman–Crippen MR) is 151 cm³/mol. The summed E-state index contributed by atoms with van der Waals surface area (Å²) in [6.45, 7) is 2.27. The fourth-order valence-corrected chi connectivity index (χ4v) is 4.88. The number of rotatable bonds is 6. The van der Waals surface area contributed by atoms with Crippen LogP contribution in [0.1, 0.15) is 16.7 Å². The molecule has 0 unspecified atom stereocenters. The number of benzene rings is 4. The molecule has 4 aromatic carbocycles. The summed E-state index contributed by atoms with van der Waals surface area (Å²) in [7, 11) is 1.47. The first-order valence-corrected chi connectivity index (χ1v) is 12.7. The van der Waals surface area contributed by atoms with Gasteiger partial charge in [-0.15, -0.1) is 0 Å². The molecule has 196 valence electrons. The molecule has 4 amide bonds. The average Bonchev–Trinajstić information content (AvgIpc) is 2.91. The highest BCUT2D eigenvalue weighted by Gasteiger charge is 2.37. The number of methoxy groups -OCH3 is 1. The van der Waals surface area contributed by atoms with E-state index in [4.69, 9.17) is 32.7 Å². The maximum absolute atomic E-state index is 13.2. The number of hydrogen-bond donors (Lipinski definition) is 1. The minimum Gasteiger partial charge on any atom is -0.493 e. The summed E-state index contributed by atoms with van der Waals surface area (Å²) in [5, 5.41) is 4.93. The zero-order valence-corrected chi connectivity index (χ0v) is 22.5. The number of nitrogens with zero attached hydrogens (tertiary/aromatic N) is 1. The molecule has 1 aliphatic heterocycles. The Morgan fingerprint density at radius 1 is 0.949 bits per heavy atom. The van der Waals surface area contributed by atoms with Crippen molar-refractivity contribution < 1.29 is 23.9 Å². The number of amides is 4. The number of imide groups is 2. The standard InChI is InChI=1S/C30H22Cl2N2O5/c1-17-10-11-19-6-3-4-9-22(19)24(17)16-39-27-25(32)13-18(14-26(27)38-2)12-23-28(35)33-30(37)34(29(23)36)21-8-5-7-20(31)15-21/h3-15H,16H2,1-2H3,(H,33,35,37)/b23-12+. The molecular formula is C30H22Cl2N2O5. The SMILES string of the molecule is COc1cc(/C=C2\C(=O)NC(=O)N(c3cccc(Cl)c3)C2=O)cc(Cl)c1OCc1c(C)ccc2ccccc12. The number of halogens is 2. The molecule has 0 aromatic heterocycles. The molecule has 39 heavy (non-hydrogen) atoms. The molecule has 4 aromatic rings. The quantitative estimate of drug-likeness (QED) is 0.209. The lowest BCUT2D eigenvalue weighted by Gasteiger charge is -2.26. The monoisotopic (exact) mass is 560 g/mol. The molecule has 1 heterocycles. The van der Waals surface area contributed by atoms with Crippen molar-refractivity contribution in [1.82, 2.24) is 5.32 Å². The molecule has 0 bridgehead atoms. The van der Waals surface area contributed by atoms with Gasteiger partial charge in [0.05, 0.1) is 17.8 Å². The van der Waals surface area contributed by atoms with Gasteiger partial charge >= 0.3 is 6.03 Å². The van der Waals surface area contributed by atoms with Crippen molar-refractivity contribution in [2.24, 2.45) is 0 Å². The van der Waals surface area contributed by atoms with Gasteiger partial charge in [0.15, 0.2) is 11.5 Å². The highest BCUT2D eigenvalue weighted by atomic mass is 35.5. The zero-order chi connectivity index (χ0) is 27.7. The van der Waals surface area contributed by atoms with Crippen LogP contribution >= 0.6 is 23.2 Å². The molecule has 1 aliphatic rings. The third-order valence-corrected chi connectivity index (χ3v) is 6.88. The van der Waals surface area contributed by atoms with E-state index in [1.54, 1.807) is 30.3 Å². The van der Waals surface area contributed by atoms with Crippen LogP contribution in [-0.2, 0) is 16.2 Å². The van der Waals surface area contributed by atoms with Gasteiger partial charge in [-0.1, -0.05) is 65.7 Å². The van der Waals surface area contributed by atoms with Gasteiger partial charge in [0.1, 0.15) is 12.2 Å². The number of nitrogens with one attached hydrogen (secondary N) is 1. The van der Waals surface area contributed by atoms with Crippen LogP contribution in [0.2, 0.25) is 10.0 Å². The molecule has 0 atom stereocenters. The summed E-state index contributed by atoms with van der Waals surface area (Å²) in [5.74, 6) is -0.986. The van der Waals surface area contributed by atoms with Crippen molar-refractivity contribution in [3.8, 4) is 11.5 Å². The van der Waals surface area contributed by atoms with Gasteiger partial charge in [-0.2, -0.15) is 0 Å². The Labute approximate surface area is 234 Å². The van der Waals surface area contributed by atoms with Crippen molar-refractivity contribution >= 4 is 63.6 Å². The van der Waals surface area contributed by atoms with Gasteiger partial charge in [0.25, 0.3) is 11.8 Å². The molecule has 0 aliphatic carbocycles. The molecule has 1 saturated heterocycles. The molecule has 7 nitrogen and oxygen atoms in total. The van der Waals surface area contributed by atoms with Crippen LogP contribution in [0, 0.1) is 6.92 Å². The van der Waals surface area contributed by atoms with Crippen LogP contribution in [0.25, 0.3) is 16.8 Å². The van der Waals surface area contributed by atoms with Crippen LogP contribution in [0.15, 0.2) is 78.4 Å². The van der Waals surface area contributed by atoms with Crippen LogP contribution in [0.4, 0.5) is 10.5 Å². The van der Waals surface area contributed by atoms with E-state index in [1.165, 1.54) is 19.3 Å². The number of carbonyl (C=O) groups excluding carboxylic acids is 3. The molecule has 1 fully saturated rings. The first-order chi connectivity index (χ1) is 18.8. The molecular weight excluding hydrogens is 539 g/mol. The Hall–Kier alpha value is -4.33. The Morgan fingerprint density at radius 2 is 1.74 bits per heavy atom. The number of barbiturate groups is 1. The first-order valence-electron chi connectivity index (χ1n) is 11.9. The van der Waals surface area contributed by atoms with Gasteiger partial charge < -0.3 is 9.47 Å². The van der Waals surface area contributed by atoms with E-state index in [1.807, 2.05) is 37.3 Å². The summed E-state index contributed by atoms with van der Waals surface area (Å²) < 4.78 is 11.7. The van der Waals surface area contributed by atoms with E-state index in [2.05, 4.69) is 11.4 Å². The summed E-state index contributed by atoms with van der Waals surface area (Å²) in [6, 6.07) is 20.6. The maximum Gasteiger partial charge on any atom is 0.335 e. The second-order valence-corrected chi connectivity index (χ2v) is 9.69. The van der Waals surface area contributed by atoms with E-state index >= 15 is 0 Å². The molecule has 5 rings (SSSR count). The summed E-state index contributed by atoms with van der Waals surface area (Å²) in [4.78, 5) is 39.1. The molecule has 0 spiro atoms. The highest BCUT2D eigenvalue weighted by molar-refractivity contribution is 6.39. The predicted octanol–water partition coefficient (Wildman–Crippen LogP) is 6.71. The highest BCUT2D eigenvalue weighted by Crippen LogP contribution is 2.38. The largest absolute Gasteiger partial charge is 0.493 e. The smallest absolute Gasteiger partial charge is 0.335 e. The lowest BCUT2D eigenvalue weighted by atomic mass is 10.0. The van der Waals surface area contributed by atoms with Gasteiger partial charge in [-0.05, 0) is 65.2 Å². The van der Waals surface area contributed by atoms with E-state index in [9.17, 15) is 14.4 Å². The lowest BCUT2D eigenvalue weighted by molar-refractivity contribution is -0.122. The summed E-state index contributed by atoms with van der Waals surface area (Å²) in [5.41, 5.74) is 2.47. The molecule has 1 N–H and O–H groups in total. The Bertz CT molecular complexity index is 1680. The lowest BCUT2D eigenvalue weighted by Crippen LogP contribution is -2.54. The van der Waals surface area contributed by atoms with Gasteiger partial charge in [-0.3, -0.25) is 14.9 Å². The normalized spacial score (nSPS) is 14.6. The van der Waals surface area contributed by atoms with Gasteiger partial charge in [-0.25, -0.2) is 9.69 Å². The average molecular weight is 561 g/mol. The first kappa shape index (κ1) is 26.3. The minimum atomic E-state index is -0.868. The number of aryl methyl sites for hydroxylation is 1. The van der Waals surface area contributed by atoms with Crippen LogP contribution in [0.3, 0.4) is 0 Å². The number of urea groups is 1. The zero-order valence-electron chi connectivity index (χ0n) is 21.0. The van der Waals surface area contributed by atoms with E-state index in [0.717, 1.165) is 26.8 Å². The number of ether oxygens (including phenoxy) is 2. The van der Waals surface area contributed by atoms with Crippen molar-refractivity contribution in [1.29, 1.82) is 0 Å². The Balaban J connectivity index is 1.46. The summed E-state index contributed by atoms with van der Waals surface area (Å²) >= 11 is 12.6. The van der Waals surface area contributed by atoms with Crippen molar-refractivity contribution in [3.05, 3.63) is 105 Å². The Kier molecular flexibility index (Phi) is 7.28. The van der Waals surface area contributed by atoms with Crippen molar-refractivity contribution in [2.75, 3.05) is 12.0 Å². The third-order valence-electron chi connectivity index (χ3n) is 6.37. The van der Waals surface area contributed by atoms with E-state index in [-0.39, 0.29) is 22.9 Å². The van der Waals surface area contributed by atoms with Crippen LogP contribution in [0.5, 0.6) is 11.5 Å². The Morgan fingerprint density at radius 3 is 2.51 bits per heavy atom.